The Labute approximate surface area is 87.5 Å². The summed E-state index contributed by atoms with van der Waals surface area (Å²) < 4.78 is 0. The Morgan fingerprint density at radius 1 is 1.36 bits per heavy atom. The largest absolute Gasteiger partial charge is 0.395 e. The van der Waals surface area contributed by atoms with Gasteiger partial charge < -0.3 is 5.11 Å². The van der Waals surface area contributed by atoms with Crippen LogP contribution >= 0.6 is 11.6 Å². The lowest BCUT2D eigenvalue weighted by atomic mass is 10.1. The third-order valence-corrected chi connectivity index (χ3v) is 1.80. The van der Waals surface area contributed by atoms with Crippen LogP contribution in [0, 0.1) is 11.8 Å². The summed E-state index contributed by atoms with van der Waals surface area (Å²) in [6.07, 6.45) is 0.319. The minimum Gasteiger partial charge on any atom is -0.395 e. The number of aliphatic hydroxyl groups is 1. The van der Waals surface area contributed by atoms with Crippen LogP contribution < -0.4 is 0 Å². The van der Waals surface area contributed by atoms with Gasteiger partial charge in [0.1, 0.15) is 0 Å². The zero-order valence-corrected chi connectivity index (χ0v) is 8.21. The molecule has 0 aliphatic heterocycles. The first-order valence-corrected chi connectivity index (χ1v) is 4.51. The average Bonchev–Trinajstić information content (AvgIpc) is 2.19. The molecule has 0 heterocycles. The minimum atomic E-state index is -0.255. The highest BCUT2D eigenvalue weighted by Crippen LogP contribution is 2.09. The van der Waals surface area contributed by atoms with Crippen LogP contribution in [-0.2, 0) is 0 Å². The molecule has 1 N–H and O–H groups in total. The van der Waals surface area contributed by atoms with Crippen molar-refractivity contribution in [3.8, 4) is 11.8 Å². The smallest absolute Gasteiger partial charge is 0.235 e. The maximum atomic E-state index is 11.3. The van der Waals surface area contributed by atoms with Crippen molar-refractivity contribution < 1.29 is 9.90 Å². The van der Waals surface area contributed by atoms with Gasteiger partial charge in [0, 0.05) is 17.0 Å². The van der Waals surface area contributed by atoms with E-state index in [-0.39, 0.29) is 12.4 Å². The van der Waals surface area contributed by atoms with Gasteiger partial charge in [-0.25, -0.2) is 0 Å². The third kappa shape index (κ3) is 3.21. The summed E-state index contributed by atoms with van der Waals surface area (Å²) in [7, 11) is 0. The Hall–Kier alpha value is -1.30. The predicted molar refractivity (Wildman–Crippen MR) is 55.3 cm³/mol. The first-order chi connectivity index (χ1) is 6.74. The second-order valence-electron chi connectivity index (χ2n) is 2.61. The second kappa shape index (κ2) is 5.43. The molecule has 0 radical (unpaired) electrons. The fourth-order valence-electron chi connectivity index (χ4n) is 0.872. The van der Waals surface area contributed by atoms with Gasteiger partial charge in [0.2, 0.25) is 5.78 Å². The van der Waals surface area contributed by atoms with E-state index in [0.717, 1.165) is 0 Å². The number of hydrogen-bond acceptors (Lipinski definition) is 2. The first kappa shape index (κ1) is 10.8. The van der Waals surface area contributed by atoms with Gasteiger partial charge in [-0.3, -0.25) is 4.79 Å². The van der Waals surface area contributed by atoms with E-state index in [9.17, 15) is 4.79 Å². The summed E-state index contributed by atoms with van der Waals surface area (Å²) in [6, 6.07) is 6.53. The summed E-state index contributed by atoms with van der Waals surface area (Å²) in [5, 5.41) is 9.04. The van der Waals surface area contributed by atoms with Gasteiger partial charge in [-0.2, -0.15) is 0 Å². The molecule has 0 aromatic heterocycles. The summed E-state index contributed by atoms with van der Waals surface area (Å²) in [5.41, 5.74) is 0.514. The van der Waals surface area contributed by atoms with E-state index in [2.05, 4.69) is 11.8 Å². The number of rotatable bonds is 2. The van der Waals surface area contributed by atoms with Crippen molar-refractivity contribution in [2.75, 3.05) is 6.61 Å². The number of carbonyl (C=O) groups is 1. The van der Waals surface area contributed by atoms with Crippen molar-refractivity contribution in [1.29, 1.82) is 0 Å². The van der Waals surface area contributed by atoms with Crippen LogP contribution in [0.2, 0.25) is 5.02 Å². The molecule has 0 saturated carbocycles. The third-order valence-electron chi connectivity index (χ3n) is 1.55. The maximum absolute atomic E-state index is 11.3. The lowest BCUT2D eigenvalue weighted by Crippen LogP contribution is -1.94. The van der Waals surface area contributed by atoms with E-state index in [4.69, 9.17) is 16.7 Å². The summed E-state index contributed by atoms with van der Waals surface area (Å²) >= 11 is 5.66. The van der Waals surface area contributed by atoms with E-state index in [1.807, 2.05) is 0 Å². The fourth-order valence-corrected chi connectivity index (χ4v) is 0.998. The van der Waals surface area contributed by atoms with Gasteiger partial charge in [-0.1, -0.05) is 17.5 Å². The maximum Gasteiger partial charge on any atom is 0.235 e. The van der Waals surface area contributed by atoms with Crippen LogP contribution in [0.25, 0.3) is 0 Å². The van der Waals surface area contributed by atoms with Crippen molar-refractivity contribution in [3.63, 3.8) is 0 Å². The predicted octanol–water partition coefficient (Wildman–Crippen LogP) is 1.91. The highest BCUT2D eigenvalue weighted by Gasteiger charge is 2.00. The molecular formula is C11H9ClO2. The molecular weight excluding hydrogens is 200 g/mol. The van der Waals surface area contributed by atoms with Gasteiger partial charge in [-0.15, -0.1) is 0 Å². The minimum absolute atomic E-state index is 0.0269. The molecule has 1 rings (SSSR count). The van der Waals surface area contributed by atoms with Crippen LogP contribution in [-0.4, -0.2) is 17.5 Å². The molecule has 3 heteroatoms. The van der Waals surface area contributed by atoms with Crippen molar-refractivity contribution in [2.24, 2.45) is 0 Å². The zero-order chi connectivity index (χ0) is 10.4. The number of ketones is 1. The SMILES string of the molecule is O=C(C#CCCO)c1ccc(Cl)cc1. The lowest BCUT2D eigenvalue weighted by Gasteiger charge is -1.92. The fraction of sp³-hybridized carbons (Fsp3) is 0.182. The molecule has 0 bridgehead atoms. The van der Waals surface area contributed by atoms with Gasteiger partial charge in [0.15, 0.2) is 0 Å². The summed E-state index contributed by atoms with van der Waals surface area (Å²) in [5.74, 6) is 4.74. The molecule has 0 atom stereocenters. The highest BCUT2D eigenvalue weighted by atomic mass is 35.5. The number of aliphatic hydroxyl groups excluding tert-OH is 1. The number of Topliss-reactive ketones (excluding diaryl/α,β-unsaturated/α-hetero) is 1. The van der Waals surface area contributed by atoms with Crippen molar-refractivity contribution in [2.45, 2.75) is 6.42 Å². The van der Waals surface area contributed by atoms with Gasteiger partial charge in [-0.05, 0) is 30.2 Å². The Morgan fingerprint density at radius 3 is 2.57 bits per heavy atom. The Morgan fingerprint density at radius 2 is 2.00 bits per heavy atom. The molecule has 1 aromatic carbocycles. The van der Waals surface area contributed by atoms with E-state index < -0.39 is 0 Å². The van der Waals surface area contributed by atoms with E-state index in [1.54, 1.807) is 24.3 Å². The van der Waals surface area contributed by atoms with Crippen LogP contribution in [0.1, 0.15) is 16.8 Å². The van der Waals surface area contributed by atoms with E-state index >= 15 is 0 Å². The summed E-state index contributed by atoms with van der Waals surface area (Å²) in [6.45, 7) is -0.0269. The van der Waals surface area contributed by atoms with E-state index in [1.165, 1.54) is 0 Å². The van der Waals surface area contributed by atoms with Crippen LogP contribution in [0.5, 0.6) is 0 Å². The Bertz CT molecular complexity index is 371. The molecule has 72 valence electrons. The average molecular weight is 209 g/mol. The monoisotopic (exact) mass is 208 g/mol. The van der Waals surface area contributed by atoms with Crippen molar-refractivity contribution in [1.82, 2.24) is 0 Å². The van der Waals surface area contributed by atoms with Crippen LogP contribution in [0.3, 0.4) is 0 Å². The topological polar surface area (TPSA) is 37.3 Å². The van der Waals surface area contributed by atoms with Crippen molar-refractivity contribution in [3.05, 3.63) is 34.9 Å². The standard InChI is InChI=1S/C11H9ClO2/c12-10-6-4-9(5-7-10)11(14)3-1-2-8-13/h4-7,13H,2,8H2. The molecule has 0 saturated heterocycles. The molecule has 14 heavy (non-hydrogen) atoms. The molecule has 0 amide bonds. The van der Waals surface area contributed by atoms with Gasteiger partial charge >= 0.3 is 0 Å². The second-order valence-corrected chi connectivity index (χ2v) is 3.05. The van der Waals surface area contributed by atoms with Gasteiger partial charge in [0.05, 0.1) is 6.61 Å². The lowest BCUT2D eigenvalue weighted by molar-refractivity contribution is 0.105. The number of benzene rings is 1. The number of halogens is 1. The normalized spacial score (nSPS) is 9.00. The number of hydrogen-bond donors (Lipinski definition) is 1. The molecule has 0 aliphatic rings. The van der Waals surface area contributed by atoms with E-state index in [0.29, 0.717) is 17.0 Å². The Kier molecular flexibility index (Phi) is 4.18. The van der Waals surface area contributed by atoms with Crippen LogP contribution in [0.15, 0.2) is 24.3 Å². The molecule has 2 nitrogen and oxygen atoms in total. The molecule has 0 spiro atoms. The Balaban J connectivity index is 2.72. The first-order valence-electron chi connectivity index (χ1n) is 4.13. The quantitative estimate of drug-likeness (QED) is 0.458. The number of carbonyl (C=O) groups excluding carboxylic acids is 1. The van der Waals surface area contributed by atoms with Crippen molar-refractivity contribution >= 4 is 17.4 Å². The highest BCUT2D eigenvalue weighted by molar-refractivity contribution is 6.30. The summed E-state index contributed by atoms with van der Waals surface area (Å²) in [4.78, 5) is 11.3. The molecule has 0 unspecified atom stereocenters. The van der Waals surface area contributed by atoms with Gasteiger partial charge in [0.25, 0.3) is 0 Å². The molecule has 0 fully saturated rings. The molecule has 1 aromatic rings. The molecule has 0 aliphatic carbocycles. The van der Waals surface area contributed by atoms with Crippen LogP contribution in [0.4, 0.5) is 0 Å². The zero-order valence-electron chi connectivity index (χ0n) is 7.46.